The van der Waals surface area contributed by atoms with Crippen LogP contribution in [0.4, 0.5) is 5.69 Å². The highest BCUT2D eigenvalue weighted by Crippen LogP contribution is 2.36. The van der Waals surface area contributed by atoms with Crippen molar-refractivity contribution < 1.29 is 19.1 Å². The summed E-state index contributed by atoms with van der Waals surface area (Å²) < 4.78 is 10.9. The van der Waals surface area contributed by atoms with Crippen molar-refractivity contribution in [1.29, 1.82) is 0 Å². The molecular formula is C25H28N2O4S2. The minimum atomic E-state index is -0.783. The number of hydrogen-bond acceptors (Lipinski definition) is 6. The normalized spacial score (nSPS) is 14.6. The first-order valence-corrected chi connectivity index (χ1v) is 12.8. The number of ether oxygens (including phenoxy) is 2. The van der Waals surface area contributed by atoms with Crippen molar-refractivity contribution in [2.45, 2.75) is 44.2 Å². The molecule has 1 aliphatic rings. The van der Waals surface area contributed by atoms with Gasteiger partial charge in [-0.05, 0) is 35.7 Å². The van der Waals surface area contributed by atoms with Crippen LogP contribution in [0.1, 0.15) is 41.5 Å². The standard InChI is InChI=1S/C25H28N2O4S2/c1-30-19-13-18(14-20(15-19)31-2)27(23(28)16-21-9-5-11-32-21)24(22-10-6-12-33-22)25(29)26-17-7-3-4-8-17/h5-6,9-15,17,24H,3-4,7-8,16H2,1-2H3,(H,26,29)/t24-/m1/s1. The van der Waals surface area contributed by atoms with E-state index in [4.69, 9.17) is 9.47 Å². The second-order valence-electron chi connectivity index (χ2n) is 8.00. The topological polar surface area (TPSA) is 67.9 Å². The number of thiophene rings is 2. The van der Waals surface area contributed by atoms with Crippen molar-refractivity contribution in [3.8, 4) is 11.5 Å². The minimum Gasteiger partial charge on any atom is -0.497 e. The fraction of sp³-hybridized carbons (Fsp3) is 0.360. The molecule has 0 unspecified atom stereocenters. The molecule has 6 nitrogen and oxygen atoms in total. The van der Waals surface area contributed by atoms with Gasteiger partial charge in [0.1, 0.15) is 17.5 Å². The Balaban J connectivity index is 1.77. The van der Waals surface area contributed by atoms with Gasteiger partial charge in [-0.25, -0.2) is 0 Å². The number of benzene rings is 1. The SMILES string of the molecule is COc1cc(OC)cc(N(C(=O)Cc2cccs2)[C@@H](C(=O)NC2CCCC2)c2cccs2)c1. The average Bonchev–Trinajstić information content (AvgIpc) is 3.60. The number of amides is 2. The second-order valence-corrected chi connectivity index (χ2v) is 10.0. The number of anilines is 1. The lowest BCUT2D eigenvalue weighted by Gasteiger charge is -2.32. The molecule has 3 aromatic rings. The zero-order chi connectivity index (χ0) is 23.2. The molecule has 0 aliphatic heterocycles. The van der Waals surface area contributed by atoms with Crippen LogP contribution in [0.25, 0.3) is 0 Å². The van der Waals surface area contributed by atoms with Crippen molar-refractivity contribution >= 4 is 40.2 Å². The van der Waals surface area contributed by atoms with Crippen LogP contribution in [0.15, 0.2) is 53.2 Å². The highest BCUT2D eigenvalue weighted by molar-refractivity contribution is 7.10. The van der Waals surface area contributed by atoms with E-state index in [1.807, 2.05) is 35.0 Å². The fourth-order valence-electron chi connectivity index (χ4n) is 4.19. The van der Waals surface area contributed by atoms with E-state index in [2.05, 4.69) is 5.32 Å². The molecule has 2 aromatic heterocycles. The van der Waals surface area contributed by atoms with Crippen LogP contribution in [-0.2, 0) is 16.0 Å². The number of hydrogen-bond donors (Lipinski definition) is 1. The summed E-state index contributed by atoms with van der Waals surface area (Å²) >= 11 is 3.00. The third-order valence-corrected chi connectivity index (χ3v) is 7.61. The predicted octanol–water partition coefficient (Wildman–Crippen LogP) is 5.20. The maximum Gasteiger partial charge on any atom is 0.248 e. The lowest BCUT2D eigenvalue weighted by atomic mass is 10.1. The van der Waals surface area contributed by atoms with Crippen molar-refractivity contribution in [3.05, 3.63) is 63.0 Å². The van der Waals surface area contributed by atoms with Gasteiger partial charge >= 0.3 is 0 Å². The summed E-state index contributed by atoms with van der Waals surface area (Å²) in [7, 11) is 3.14. The lowest BCUT2D eigenvalue weighted by Crippen LogP contribution is -2.46. The Morgan fingerprint density at radius 3 is 2.27 bits per heavy atom. The largest absolute Gasteiger partial charge is 0.497 e. The van der Waals surface area contributed by atoms with Gasteiger partial charge in [-0.15, -0.1) is 22.7 Å². The summed E-state index contributed by atoms with van der Waals surface area (Å²) in [5.41, 5.74) is 0.563. The summed E-state index contributed by atoms with van der Waals surface area (Å²) in [6.45, 7) is 0. The van der Waals surface area contributed by atoms with Crippen LogP contribution < -0.4 is 19.7 Å². The average molecular weight is 485 g/mol. The van der Waals surface area contributed by atoms with Crippen LogP contribution in [0.2, 0.25) is 0 Å². The zero-order valence-electron chi connectivity index (χ0n) is 18.8. The van der Waals surface area contributed by atoms with E-state index in [0.717, 1.165) is 35.4 Å². The molecule has 4 rings (SSSR count). The Morgan fingerprint density at radius 2 is 1.70 bits per heavy atom. The molecule has 33 heavy (non-hydrogen) atoms. The van der Waals surface area contributed by atoms with Crippen LogP contribution in [0.3, 0.4) is 0 Å². The first kappa shape index (κ1) is 23.3. The Kier molecular flexibility index (Phi) is 7.67. The molecule has 1 fully saturated rings. The first-order valence-electron chi connectivity index (χ1n) is 11.0. The van der Waals surface area contributed by atoms with E-state index in [-0.39, 0.29) is 24.3 Å². The molecular weight excluding hydrogens is 456 g/mol. The summed E-state index contributed by atoms with van der Waals surface area (Å²) in [5, 5.41) is 7.08. The van der Waals surface area contributed by atoms with Crippen LogP contribution in [0, 0.1) is 0 Å². The van der Waals surface area contributed by atoms with Crippen molar-refractivity contribution in [2.75, 3.05) is 19.1 Å². The molecule has 0 bridgehead atoms. The second kappa shape index (κ2) is 10.9. The lowest BCUT2D eigenvalue weighted by molar-refractivity contribution is -0.126. The van der Waals surface area contributed by atoms with E-state index in [0.29, 0.717) is 17.2 Å². The van der Waals surface area contributed by atoms with Gasteiger partial charge < -0.3 is 14.8 Å². The molecule has 0 spiro atoms. The first-order chi connectivity index (χ1) is 16.1. The Labute approximate surface area is 202 Å². The van der Waals surface area contributed by atoms with Crippen LogP contribution in [0.5, 0.6) is 11.5 Å². The van der Waals surface area contributed by atoms with E-state index in [1.54, 1.807) is 37.3 Å². The van der Waals surface area contributed by atoms with Gasteiger partial charge in [0, 0.05) is 34.0 Å². The van der Waals surface area contributed by atoms with Gasteiger partial charge in [0.05, 0.1) is 26.3 Å². The number of carbonyl (C=O) groups is 2. The van der Waals surface area contributed by atoms with Crippen LogP contribution in [-0.4, -0.2) is 32.1 Å². The van der Waals surface area contributed by atoms with Gasteiger partial charge in [-0.2, -0.15) is 0 Å². The van der Waals surface area contributed by atoms with Gasteiger partial charge in [-0.3, -0.25) is 14.5 Å². The summed E-state index contributed by atoms with van der Waals surface area (Å²) in [6.07, 6.45) is 4.37. The summed E-state index contributed by atoms with van der Waals surface area (Å²) in [5.74, 6) is 0.789. The molecule has 8 heteroatoms. The third-order valence-electron chi connectivity index (χ3n) is 5.81. The molecule has 2 heterocycles. The summed E-state index contributed by atoms with van der Waals surface area (Å²) in [4.78, 5) is 30.8. The third kappa shape index (κ3) is 5.57. The molecule has 2 amide bonds. The smallest absolute Gasteiger partial charge is 0.248 e. The van der Waals surface area contributed by atoms with Gasteiger partial charge in [-0.1, -0.05) is 25.0 Å². The van der Waals surface area contributed by atoms with Crippen molar-refractivity contribution in [3.63, 3.8) is 0 Å². The number of nitrogens with zero attached hydrogens (tertiary/aromatic N) is 1. The molecule has 1 atom stereocenters. The van der Waals surface area contributed by atoms with E-state index < -0.39 is 6.04 Å². The fourth-order valence-corrected chi connectivity index (χ4v) is 5.70. The van der Waals surface area contributed by atoms with E-state index >= 15 is 0 Å². The molecule has 0 radical (unpaired) electrons. The van der Waals surface area contributed by atoms with Gasteiger partial charge in [0.2, 0.25) is 11.8 Å². The maximum absolute atomic E-state index is 13.8. The van der Waals surface area contributed by atoms with Crippen LogP contribution >= 0.6 is 22.7 Å². The predicted molar refractivity (Wildman–Crippen MR) is 133 cm³/mol. The van der Waals surface area contributed by atoms with E-state index in [1.165, 1.54) is 22.7 Å². The number of rotatable bonds is 9. The van der Waals surface area contributed by atoms with Crippen molar-refractivity contribution in [2.24, 2.45) is 0 Å². The highest BCUT2D eigenvalue weighted by Gasteiger charge is 2.35. The molecule has 1 aliphatic carbocycles. The molecule has 0 saturated heterocycles. The monoisotopic (exact) mass is 484 g/mol. The number of carbonyl (C=O) groups excluding carboxylic acids is 2. The molecule has 1 aromatic carbocycles. The van der Waals surface area contributed by atoms with Gasteiger partial charge in [0.25, 0.3) is 0 Å². The minimum absolute atomic E-state index is 0.147. The Bertz CT molecular complexity index is 1040. The zero-order valence-corrected chi connectivity index (χ0v) is 20.4. The summed E-state index contributed by atoms with van der Waals surface area (Å²) in [6, 6.07) is 12.3. The molecule has 1 N–H and O–H groups in total. The Hall–Kier alpha value is -2.84. The number of methoxy groups -OCH3 is 2. The van der Waals surface area contributed by atoms with E-state index in [9.17, 15) is 9.59 Å². The quantitative estimate of drug-likeness (QED) is 0.453. The molecule has 1 saturated carbocycles. The molecule has 174 valence electrons. The van der Waals surface area contributed by atoms with Gasteiger partial charge in [0.15, 0.2) is 0 Å². The Morgan fingerprint density at radius 1 is 1.03 bits per heavy atom. The maximum atomic E-state index is 13.8. The number of nitrogens with one attached hydrogen (secondary N) is 1. The van der Waals surface area contributed by atoms with Crippen molar-refractivity contribution in [1.82, 2.24) is 5.32 Å². The highest BCUT2D eigenvalue weighted by atomic mass is 32.1.